The first-order valence-electron chi connectivity index (χ1n) is 6.73. The van der Waals surface area contributed by atoms with E-state index in [4.69, 9.17) is 16.9 Å². The maximum absolute atomic E-state index is 9.50. The van der Waals surface area contributed by atoms with Crippen LogP contribution in [-0.2, 0) is 0 Å². The molecule has 0 bridgehead atoms. The number of nitrogens with zero attached hydrogens (tertiary/aromatic N) is 2. The van der Waals surface area contributed by atoms with Gasteiger partial charge in [0.05, 0.1) is 16.6 Å². The number of hydrogen-bond donors (Lipinski definition) is 2. The Morgan fingerprint density at radius 3 is 2.64 bits per heavy atom. The molecule has 0 radical (unpaired) electrons. The third-order valence-electron chi connectivity index (χ3n) is 3.35. The number of nitriles is 1. The molecular weight excluding hydrogens is 366 g/mol. The van der Waals surface area contributed by atoms with Crippen LogP contribution in [0.5, 0.6) is 0 Å². The molecular formula is C16H15BrClN3O. The fourth-order valence-corrected chi connectivity index (χ4v) is 2.57. The second kappa shape index (κ2) is 7.59. The van der Waals surface area contributed by atoms with Gasteiger partial charge in [0.15, 0.2) is 0 Å². The Bertz CT molecular complexity index is 685. The fourth-order valence-electron chi connectivity index (χ4n) is 2.08. The van der Waals surface area contributed by atoms with Crippen molar-refractivity contribution in [2.45, 2.75) is 13.0 Å². The first-order valence-corrected chi connectivity index (χ1v) is 7.90. The molecule has 0 unspecified atom stereocenters. The highest BCUT2D eigenvalue weighted by atomic mass is 79.9. The molecule has 4 nitrogen and oxygen atoms in total. The van der Waals surface area contributed by atoms with E-state index in [-0.39, 0.29) is 18.6 Å². The summed E-state index contributed by atoms with van der Waals surface area (Å²) in [5.74, 6) is 0.462. The van der Waals surface area contributed by atoms with Crippen molar-refractivity contribution in [2.75, 3.05) is 11.9 Å². The lowest BCUT2D eigenvalue weighted by Gasteiger charge is -2.25. The van der Waals surface area contributed by atoms with Crippen molar-refractivity contribution in [3.05, 3.63) is 57.2 Å². The van der Waals surface area contributed by atoms with E-state index in [9.17, 15) is 5.11 Å². The monoisotopic (exact) mass is 379 g/mol. The van der Waals surface area contributed by atoms with Crippen molar-refractivity contribution in [1.82, 2.24) is 4.98 Å². The zero-order valence-electron chi connectivity index (χ0n) is 11.9. The molecule has 22 heavy (non-hydrogen) atoms. The van der Waals surface area contributed by atoms with Gasteiger partial charge in [0.25, 0.3) is 0 Å². The summed E-state index contributed by atoms with van der Waals surface area (Å²) in [6, 6.07) is 11.3. The lowest BCUT2D eigenvalue weighted by molar-refractivity contribution is 0.222. The molecule has 1 heterocycles. The molecule has 0 aliphatic carbocycles. The first-order chi connectivity index (χ1) is 10.5. The van der Waals surface area contributed by atoms with Crippen molar-refractivity contribution < 1.29 is 5.11 Å². The second-order valence-electron chi connectivity index (χ2n) is 5.00. The van der Waals surface area contributed by atoms with Gasteiger partial charge in [-0.15, -0.1) is 0 Å². The Morgan fingerprint density at radius 1 is 1.41 bits per heavy atom. The maximum atomic E-state index is 9.50. The Kier molecular flexibility index (Phi) is 5.78. The summed E-state index contributed by atoms with van der Waals surface area (Å²) < 4.78 is 0.987. The molecule has 2 rings (SSSR count). The van der Waals surface area contributed by atoms with Crippen LogP contribution in [0.4, 0.5) is 5.82 Å². The van der Waals surface area contributed by atoms with Gasteiger partial charge in [-0.3, -0.25) is 0 Å². The van der Waals surface area contributed by atoms with Crippen molar-refractivity contribution in [3.8, 4) is 6.07 Å². The number of pyridine rings is 1. The van der Waals surface area contributed by atoms with Gasteiger partial charge in [-0.2, -0.15) is 5.26 Å². The van der Waals surface area contributed by atoms with Gasteiger partial charge in [0, 0.05) is 23.2 Å². The van der Waals surface area contributed by atoms with E-state index >= 15 is 0 Å². The van der Waals surface area contributed by atoms with Gasteiger partial charge in [-0.1, -0.05) is 46.6 Å². The number of anilines is 1. The number of hydrogen-bond acceptors (Lipinski definition) is 4. The summed E-state index contributed by atoms with van der Waals surface area (Å²) in [4.78, 5) is 4.19. The van der Waals surface area contributed by atoms with Crippen LogP contribution in [-0.4, -0.2) is 16.7 Å². The number of rotatable bonds is 5. The van der Waals surface area contributed by atoms with Crippen LogP contribution in [0.2, 0.25) is 5.02 Å². The van der Waals surface area contributed by atoms with Gasteiger partial charge in [-0.05, 0) is 23.8 Å². The summed E-state index contributed by atoms with van der Waals surface area (Å²) in [6.45, 7) is 1.97. The van der Waals surface area contributed by atoms with Crippen LogP contribution in [0, 0.1) is 17.2 Å². The van der Waals surface area contributed by atoms with Crippen molar-refractivity contribution >= 4 is 33.3 Å². The molecule has 114 valence electrons. The molecule has 0 aliphatic rings. The van der Waals surface area contributed by atoms with Crippen molar-refractivity contribution in [1.29, 1.82) is 5.26 Å². The Balaban J connectivity index is 2.31. The Hall–Kier alpha value is -1.61. The normalized spacial score (nSPS) is 13.2. The molecule has 0 saturated heterocycles. The SMILES string of the molecule is C[C@@H](CO)[C@H](Nc1ncc(C#N)cc1Cl)c1ccc(Br)cc1. The van der Waals surface area contributed by atoms with Gasteiger partial charge in [0.2, 0.25) is 0 Å². The predicted molar refractivity (Wildman–Crippen MR) is 90.7 cm³/mol. The van der Waals surface area contributed by atoms with Crippen molar-refractivity contribution in [2.24, 2.45) is 5.92 Å². The zero-order chi connectivity index (χ0) is 16.1. The van der Waals surface area contributed by atoms with Crippen LogP contribution < -0.4 is 5.32 Å². The number of aliphatic hydroxyl groups is 1. The lowest BCUT2D eigenvalue weighted by Crippen LogP contribution is -2.22. The summed E-state index contributed by atoms with van der Waals surface area (Å²) in [5, 5.41) is 22.0. The molecule has 0 amide bonds. The first kappa shape index (κ1) is 16.8. The Labute approximate surface area is 142 Å². The molecule has 0 fully saturated rings. The van der Waals surface area contributed by atoms with E-state index < -0.39 is 0 Å². The molecule has 2 aromatic rings. The minimum atomic E-state index is -0.143. The highest BCUT2D eigenvalue weighted by molar-refractivity contribution is 9.10. The quantitative estimate of drug-likeness (QED) is 0.817. The van der Waals surface area contributed by atoms with E-state index in [1.54, 1.807) is 6.07 Å². The molecule has 1 aromatic heterocycles. The number of aliphatic hydroxyl groups excluding tert-OH is 1. The highest BCUT2D eigenvalue weighted by Gasteiger charge is 2.20. The van der Waals surface area contributed by atoms with Crippen LogP contribution >= 0.6 is 27.5 Å². The average molecular weight is 381 g/mol. The molecule has 0 aliphatic heterocycles. The smallest absolute Gasteiger partial charge is 0.145 e. The average Bonchev–Trinajstić information content (AvgIpc) is 2.54. The van der Waals surface area contributed by atoms with Gasteiger partial charge < -0.3 is 10.4 Å². The van der Waals surface area contributed by atoms with E-state index in [1.165, 1.54) is 6.20 Å². The summed E-state index contributed by atoms with van der Waals surface area (Å²) in [5.41, 5.74) is 1.43. The maximum Gasteiger partial charge on any atom is 0.145 e. The minimum Gasteiger partial charge on any atom is -0.396 e. The molecule has 2 atom stereocenters. The highest BCUT2D eigenvalue weighted by Crippen LogP contribution is 2.30. The summed E-state index contributed by atoms with van der Waals surface area (Å²) in [6.07, 6.45) is 1.47. The number of nitrogens with one attached hydrogen (secondary N) is 1. The third-order valence-corrected chi connectivity index (χ3v) is 4.17. The summed E-state index contributed by atoms with van der Waals surface area (Å²) in [7, 11) is 0. The van der Waals surface area contributed by atoms with E-state index in [0.29, 0.717) is 16.4 Å². The van der Waals surface area contributed by atoms with Crippen LogP contribution in [0.25, 0.3) is 0 Å². The largest absolute Gasteiger partial charge is 0.396 e. The van der Waals surface area contributed by atoms with Crippen LogP contribution in [0.3, 0.4) is 0 Å². The lowest BCUT2D eigenvalue weighted by atomic mass is 9.95. The Morgan fingerprint density at radius 2 is 2.09 bits per heavy atom. The van der Waals surface area contributed by atoms with E-state index in [0.717, 1.165) is 10.0 Å². The topological polar surface area (TPSA) is 68.9 Å². The fraction of sp³-hybridized carbons (Fsp3) is 0.250. The standard InChI is InChI=1S/C16H15BrClN3O/c1-10(9-22)15(12-2-4-13(17)5-3-12)21-16-14(18)6-11(7-19)8-20-16/h2-6,8,10,15,22H,9H2,1H3,(H,20,21)/t10-,15-/m0/s1. The van der Waals surface area contributed by atoms with Crippen molar-refractivity contribution in [3.63, 3.8) is 0 Å². The van der Waals surface area contributed by atoms with E-state index in [2.05, 4.69) is 26.2 Å². The predicted octanol–water partition coefficient (Wildman–Crippen LogP) is 4.15. The van der Waals surface area contributed by atoms with Crippen LogP contribution in [0.1, 0.15) is 24.1 Å². The van der Waals surface area contributed by atoms with Gasteiger partial charge >= 0.3 is 0 Å². The van der Waals surface area contributed by atoms with Gasteiger partial charge in [-0.25, -0.2) is 4.98 Å². The molecule has 2 N–H and O–H groups in total. The third kappa shape index (κ3) is 3.98. The van der Waals surface area contributed by atoms with Crippen LogP contribution in [0.15, 0.2) is 41.0 Å². The molecule has 1 aromatic carbocycles. The molecule has 0 saturated carbocycles. The molecule has 6 heteroatoms. The summed E-state index contributed by atoms with van der Waals surface area (Å²) >= 11 is 9.58. The second-order valence-corrected chi connectivity index (χ2v) is 6.32. The number of aromatic nitrogens is 1. The molecule has 0 spiro atoms. The number of benzene rings is 1. The van der Waals surface area contributed by atoms with E-state index in [1.807, 2.05) is 37.3 Å². The minimum absolute atomic E-state index is 0.0294. The number of halogens is 2. The van der Waals surface area contributed by atoms with Gasteiger partial charge in [0.1, 0.15) is 11.9 Å². The zero-order valence-corrected chi connectivity index (χ0v) is 14.3.